The summed E-state index contributed by atoms with van der Waals surface area (Å²) in [7, 11) is 0. The van der Waals surface area contributed by atoms with Crippen LogP contribution in [0.2, 0.25) is 0 Å². The number of carbonyl (C=O) groups is 11. The zero-order valence-electron chi connectivity index (χ0n) is 34.3. The van der Waals surface area contributed by atoms with Gasteiger partial charge in [-0.2, -0.15) is 0 Å². The second-order valence-electron chi connectivity index (χ2n) is 14.2. The molecule has 0 fully saturated rings. The third kappa shape index (κ3) is 24.6. The lowest BCUT2D eigenvalue weighted by atomic mass is 10.0. The van der Waals surface area contributed by atoms with Crippen LogP contribution in [-0.2, 0) is 38.4 Å². The second-order valence-corrected chi connectivity index (χ2v) is 14.2. The van der Waals surface area contributed by atoms with Gasteiger partial charge in [0.05, 0.1) is 0 Å². The first-order valence-corrected chi connectivity index (χ1v) is 19.9. The molecule has 350 valence electrons. The van der Waals surface area contributed by atoms with Crippen molar-refractivity contribution >= 4 is 71.3 Å². The highest BCUT2D eigenvalue weighted by Crippen LogP contribution is 2.11. The summed E-state index contributed by atoms with van der Waals surface area (Å²) in [5.74, 6) is -9.66. The van der Waals surface area contributed by atoms with E-state index in [1.165, 1.54) is 24.3 Å². The van der Waals surface area contributed by atoms with Crippen LogP contribution in [0.25, 0.3) is 0 Å². The standard InChI is InChI=1S/C38H56N8O17/c39-22-9-7-21(8-10-22)32(53)42-23(11-15-28(47)40-19-3-1-5-24(33(54)55)43-37(62)45-26(35(58)59)13-17-30(49)50)12-16-29(48)41-20-4-2-6-25(34(56)57)44-38(63)46-27(36(60)61)14-18-31(51)52/h7-10,23-27H,1-6,11-20,39H2,(H,40,47)(H,41,48)(H,42,53)(H,49,50)(H,51,52)(H,54,55)(H,56,57)(H,58,59)(H,60,61)(H2,43,45,62)(H2,44,46,63)/t23?,24-,25-,26?,27?/m0/s1. The Labute approximate surface area is 360 Å². The molecule has 0 saturated carbocycles. The number of carboxylic acids is 6. The Kier molecular flexibility index (Phi) is 24.9. The van der Waals surface area contributed by atoms with E-state index in [2.05, 4.69) is 26.6 Å². The molecule has 0 saturated heterocycles. The van der Waals surface area contributed by atoms with Crippen molar-refractivity contribution < 1.29 is 83.4 Å². The molecule has 0 aliphatic heterocycles. The molecule has 0 bridgehead atoms. The minimum atomic E-state index is -1.56. The highest BCUT2D eigenvalue weighted by molar-refractivity contribution is 5.95. The van der Waals surface area contributed by atoms with Crippen LogP contribution in [-0.4, -0.2) is 140 Å². The van der Waals surface area contributed by atoms with Gasteiger partial charge in [0, 0.05) is 56.1 Å². The molecule has 4 atom stereocenters. The molecule has 7 amide bonds. The minimum absolute atomic E-state index is 0.0729. The van der Waals surface area contributed by atoms with E-state index < -0.39 is 121 Å². The average molecular weight is 897 g/mol. The van der Waals surface area contributed by atoms with Crippen LogP contribution in [0, 0.1) is 0 Å². The number of rotatable bonds is 32. The van der Waals surface area contributed by atoms with Crippen LogP contribution in [0.15, 0.2) is 24.3 Å². The summed E-state index contributed by atoms with van der Waals surface area (Å²) in [5.41, 5.74) is 6.41. The van der Waals surface area contributed by atoms with Gasteiger partial charge in [-0.15, -0.1) is 0 Å². The Hall–Kier alpha value is -7.21. The van der Waals surface area contributed by atoms with Gasteiger partial charge in [-0.1, -0.05) is 0 Å². The van der Waals surface area contributed by atoms with Crippen molar-refractivity contribution in [2.24, 2.45) is 0 Å². The molecule has 0 spiro atoms. The molecule has 63 heavy (non-hydrogen) atoms. The van der Waals surface area contributed by atoms with E-state index in [9.17, 15) is 73.2 Å². The molecule has 1 aromatic rings. The van der Waals surface area contributed by atoms with E-state index in [1.807, 2.05) is 10.6 Å². The number of aliphatic carboxylic acids is 6. The third-order valence-electron chi connectivity index (χ3n) is 9.14. The molecule has 0 aliphatic rings. The number of carbonyl (C=O) groups excluding carboxylic acids is 5. The SMILES string of the molecule is Nc1ccc(C(=O)NC(CCC(=O)NCCCC[C@H](NC(=O)NC(CCC(=O)O)C(=O)O)C(=O)O)CCC(=O)NCCCC[C@H](NC(=O)NC(CCC(=O)O)C(=O)O)C(=O)O)cc1. The summed E-state index contributed by atoms with van der Waals surface area (Å²) in [5, 5.41) is 71.4. The van der Waals surface area contributed by atoms with Crippen molar-refractivity contribution in [3.8, 4) is 0 Å². The van der Waals surface area contributed by atoms with Crippen LogP contribution < -0.4 is 43.0 Å². The number of hydrogen-bond acceptors (Lipinski definition) is 12. The number of nitrogens with two attached hydrogens (primary N) is 1. The molecule has 0 heterocycles. The first kappa shape index (κ1) is 53.8. The predicted octanol–water partition coefficient (Wildman–Crippen LogP) is -0.359. The van der Waals surface area contributed by atoms with Crippen LogP contribution in [0.5, 0.6) is 0 Å². The van der Waals surface area contributed by atoms with E-state index >= 15 is 0 Å². The van der Waals surface area contributed by atoms with E-state index in [-0.39, 0.29) is 70.0 Å². The number of nitrogens with one attached hydrogen (secondary N) is 7. The second kappa shape index (κ2) is 29.1. The maximum atomic E-state index is 13.0. The van der Waals surface area contributed by atoms with Crippen LogP contribution in [0.4, 0.5) is 15.3 Å². The summed E-state index contributed by atoms with van der Waals surface area (Å²) in [6, 6.07) is -2.77. The van der Waals surface area contributed by atoms with Gasteiger partial charge in [0.25, 0.3) is 5.91 Å². The summed E-state index contributed by atoms with van der Waals surface area (Å²) in [4.78, 5) is 130. The number of benzene rings is 1. The molecular weight excluding hydrogens is 840 g/mol. The largest absolute Gasteiger partial charge is 0.481 e. The fourth-order valence-corrected chi connectivity index (χ4v) is 5.66. The van der Waals surface area contributed by atoms with E-state index in [1.54, 1.807) is 0 Å². The van der Waals surface area contributed by atoms with Gasteiger partial charge < -0.3 is 73.6 Å². The minimum Gasteiger partial charge on any atom is -0.481 e. The summed E-state index contributed by atoms with van der Waals surface area (Å²) in [6.07, 6.45) is -0.984. The third-order valence-corrected chi connectivity index (χ3v) is 9.14. The fraction of sp³-hybridized carbons (Fsp3) is 0.553. The molecule has 25 nitrogen and oxygen atoms in total. The molecule has 1 rings (SSSR count). The van der Waals surface area contributed by atoms with Crippen LogP contribution in [0.3, 0.4) is 0 Å². The Morgan fingerprint density at radius 1 is 0.444 bits per heavy atom. The zero-order valence-corrected chi connectivity index (χ0v) is 34.3. The lowest BCUT2D eigenvalue weighted by molar-refractivity contribution is -0.142. The maximum absolute atomic E-state index is 13.0. The lowest BCUT2D eigenvalue weighted by Gasteiger charge is -2.19. The normalized spacial score (nSPS) is 13.0. The van der Waals surface area contributed by atoms with Gasteiger partial charge in [-0.3, -0.25) is 24.0 Å². The molecule has 0 aromatic heterocycles. The highest BCUT2D eigenvalue weighted by atomic mass is 16.4. The van der Waals surface area contributed by atoms with Crippen molar-refractivity contribution in [1.29, 1.82) is 0 Å². The molecular formula is C38H56N8O17. The quantitative estimate of drug-likeness (QED) is 0.0324. The van der Waals surface area contributed by atoms with E-state index in [0.29, 0.717) is 18.5 Å². The van der Waals surface area contributed by atoms with Gasteiger partial charge in [0.15, 0.2) is 0 Å². The van der Waals surface area contributed by atoms with E-state index in [0.717, 1.165) is 0 Å². The van der Waals surface area contributed by atoms with Crippen molar-refractivity contribution in [3.63, 3.8) is 0 Å². The molecule has 0 aliphatic carbocycles. The Balaban J connectivity index is 2.63. The van der Waals surface area contributed by atoms with Crippen molar-refractivity contribution in [2.75, 3.05) is 18.8 Å². The first-order valence-electron chi connectivity index (χ1n) is 19.9. The molecule has 2 unspecified atom stereocenters. The van der Waals surface area contributed by atoms with Gasteiger partial charge in [-0.25, -0.2) is 28.8 Å². The number of amides is 7. The molecule has 1 aromatic carbocycles. The van der Waals surface area contributed by atoms with Crippen molar-refractivity contribution in [3.05, 3.63) is 29.8 Å². The molecule has 0 radical (unpaired) electrons. The summed E-state index contributed by atoms with van der Waals surface area (Å²) >= 11 is 0. The number of carboxylic acid groups (broad SMARTS) is 6. The number of hydrogen-bond donors (Lipinski definition) is 14. The average Bonchev–Trinajstić information content (AvgIpc) is 3.20. The number of anilines is 1. The molecule has 15 N–H and O–H groups in total. The Bertz CT molecular complexity index is 1660. The van der Waals surface area contributed by atoms with Crippen molar-refractivity contribution in [2.45, 2.75) is 120 Å². The predicted molar refractivity (Wildman–Crippen MR) is 217 cm³/mol. The summed E-state index contributed by atoms with van der Waals surface area (Å²) < 4.78 is 0. The highest BCUT2D eigenvalue weighted by Gasteiger charge is 2.26. The number of urea groups is 2. The van der Waals surface area contributed by atoms with Crippen LogP contribution in [0.1, 0.15) is 100 Å². The topological polar surface area (TPSA) is 419 Å². The van der Waals surface area contributed by atoms with Gasteiger partial charge in [-0.05, 0) is 88.5 Å². The summed E-state index contributed by atoms with van der Waals surface area (Å²) in [6.45, 7) is 0.240. The lowest BCUT2D eigenvalue weighted by Crippen LogP contribution is -2.51. The molecule has 25 heteroatoms. The smallest absolute Gasteiger partial charge is 0.326 e. The van der Waals surface area contributed by atoms with Crippen molar-refractivity contribution in [1.82, 2.24) is 37.2 Å². The monoisotopic (exact) mass is 896 g/mol. The zero-order chi connectivity index (χ0) is 47.5. The fourth-order valence-electron chi connectivity index (χ4n) is 5.66. The van der Waals surface area contributed by atoms with Gasteiger partial charge >= 0.3 is 47.9 Å². The Morgan fingerprint density at radius 3 is 1.13 bits per heavy atom. The van der Waals surface area contributed by atoms with Gasteiger partial charge in [0.1, 0.15) is 24.2 Å². The maximum Gasteiger partial charge on any atom is 0.326 e. The van der Waals surface area contributed by atoms with E-state index in [4.69, 9.17) is 15.9 Å². The van der Waals surface area contributed by atoms with Crippen LogP contribution >= 0.6 is 0 Å². The number of unbranched alkanes of at least 4 members (excludes halogenated alkanes) is 2. The number of nitrogen functional groups attached to an aromatic ring is 1. The van der Waals surface area contributed by atoms with Gasteiger partial charge in [0.2, 0.25) is 11.8 Å². The Morgan fingerprint density at radius 2 is 0.794 bits per heavy atom. The first-order chi connectivity index (χ1) is 29.7.